The zero-order chi connectivity index (χ0) is 18.0. The van der Waals surface area contributed by atoms with Crippen molar-refractivity contribution in [3.63, 3.8) is 0 Å². The zero-order valence-electron chi connectivity index (χ0n) is 14.3. The van der Waals surface area contributed by atoms with Crippen molar-refractivity contribution in [2.75, 3.05) is 12.8 Å². The topological polar surface area (TPSA) is 92.3 Å². The molecule has 0 saturated carbocycles. The third-order valence-corrected chi connectivity index (χ3v) is 4.25. The Morgan fingerprint density at radius 1 is 0.958 bits per heavy atom. The van der Waals surface area contributed by atoms with Crippen molar-refractivity contribution in [2.24, 2.45) is 0 Å². The number of sulfone groups is 1. The van der Waals surface area contributed by atoms with E-state index < -0.39 is 9.84 Å². The number of hydrogen-bond acceptors (Lipinski definition) is 4. The lowest BCUT2D eigenvalue weighted by molar-refractivity contribution is -0.121. The van der Waals surface area contributed by atoms with Gasteiger partial charge in [0.25, 0.3) is 0 Å². The van der Waals surface area contributed by atoms with Gasteiger partial charge in [0.2, 0.25) is 11.8 Å². The molecule has 0 fully saturated rings. The molecule has 0 unspecified atom stereocenters. The lowest BCUT2D eigenvalue weighted by atomic mass is 10.1. The fraction of sp³-hybridized carbons (Fsp3) is 0.529. The van der Waals surface area contributed by atoms with E-state index in [1.165, 1.54) is 13.2 Å². The van der Waals surface area contributed by atoms with Crippen LogP contribution in [0, 0.1) is 0 Å². The Balaban J connectivity index is 2.21. The second-order valence-corrected chi connectivity index (χ2v) is 8.10. The summed E-state index contributed by atoms with van der Waals surface area (Å²) in [5, 5.41) is 5.57. The van der Waals surface area contributed by atoms with Gasteiger partial charge in [0, 0.05) is 32.7 Å². The zero-order valence-corrected chi connectivity index (χ0v) is 15.1. The molecular weight excluding hydrogens is 328 g/mol. The van der Waals surface area contributed by atoms with Crippen LogP contribution in [0.1, 0.15) is 43.7 Å². The van der Waals surface area contributed by atoms with Gasteiger partial charge < -0.3 is 10.6 Å². The van der Waals surface area contributed by atoms with Gasteiger partial charge in [-0.05, 0) is 24.0 Å². The first kappa shape index (κ1) is 20.2. The molecule has 134 valence electrons. The molecule has 0 heterocycles. The van der Waals surface area contributed by atoms with Crippen LogP contribution in [0.4, 0.5) is 0 Å². The van der Waals surface area contributed by atoms with Crippen LogP contribution in [0.25, 0.3) is 0 Å². The third-order valence-electron chi connectivity index (χ3n) is 3.40. The van der Waals surface area contributed by atoms with E-state index in [9.17, 15) is 18.0 Å². The number of amides is 2. The molecule has 1 aromatic rings. The molecule has 0 radical (unpaired) electrons. The summed E-state index contributed by atoms with van der Waals surface area (Å²) in [7, 11) is -3.03. The van der Waals surface area contributed by atoms with E-state index in [4.69, 9.17) is 0 Å². The molecule has 0 aromatic heterocycles. The van der Waals surface area contributed by atoms with Crippen molar-refractivity contribution in [3.8, 4) is 0 Å². The minimum atomic E-state index is -3.03. The molecule has 2 N–H and O–H groups in total. The van der Waals surface area contributed by atoms with Gasteiger partial charge in [-0.2, -0.15) is 0 Å². The minimum Gasteiger partial charge on any atom is -0.356 e. The summed E-state index contributed by atoms with van der Waals surface area (Å²) < 4.78 is 22.4. The summed E-state index contributed by atoms with van der Waals surface area (Å²) in [5.74, 6) is -0.0111. The highest BCUT2D eigenvalue weighted by molar-refractivity contribution is 7.89. The predicted molar refractivity (Wildman–Crippen MR) is 94.0 cm³/mol. The molecule has 0 aliphatic heterocycles. The summed E-state index contributed by atoms with van der Waals surface area (Å²) in [6.45, 7) is 2.57. The van der Waals surface area contributed by atoms with Crippen molar-refractivity contribution in [3.05, 3.63) is 35.4 Å². The summed E-state index contributed by atoms with van der Waals surface area (Å²) >= 11 is 0. The Morgan fingerprint density at radius 3 is 2.17 bits per heavy atom. The molecule has 24 heavy (non-hydrogen) atoms. The molecule has 0 aliphatic rings. The number of hydrogen-bond donors (Lipinski definition) is 2. The van der Waals surface area contributed by atoms with E-state index in [0.717, 1.165) is 30.4 Å². The largest absolute Gasteiger partial charge is 0.356 e. The van der Waals surface area contributed by atoms with E-state index in [2.05, 4.69) is 10.6 Å². The van der Waals surface area contributed by atoms with Crippen LogP contribution in [-0.2, 0) is 31.7 Å². The summed E-state index contributed by atoms with van der Waals surface area (Å²) in [5.41, 5.74) is 1.68. The van der Waals surface area contributed by atoms with E-state index in [0.29, 0.717) is 19.5 Å². The Kier molecular flexibility index (Phi) is 8.46. The second kappa shape index (κ2) is 10.1. The fourth-order valence-corrected chi connectivity index (χ4v) is 2.99. The molecule has 0 spiro atoms. The average Bonchev–Trinajstić information content (AvgIpc) is 2.48. The molecule has 1 rings (SSSR count). The number of carbonyl (C=O) groups is 2. The van der Waals surface area contributed by atoms with Gasteiger partial charge in [0.1, 0.15) is 0 Å². The maximum Gasteiger partial charge on any atom is 0.220 e. The number of nitrogens with one attached hydrogen (secondary N) is 2. The average molecular weight is 354 g/mol. The van der Waals surface area contributed by atoms with Crippen LogP contribution in [0.5, 0.6) is 0 Å². The van der Waals surface area contributed by atoms with Crippen LogP contribution >= 0.6 is 0 Å². The monoisotopic (exact) mass is 354 g/mol. The number of rotatable bonds is 10. The van der Waals surface area contributed by atoms with Gasteiger partial charge in [0.05, 0.1) is 5.75 Å². The smallest absolute Gasteiger partial charge is 0.220 e. The first-order valence-electron chi connectivity index (χ1n) is 8.03. The number of unbranched alkanes of at least 4 members (excludes halogenated alkanes) is 2. The SMILES string of the molecule is CC(=O)NCCCCCC(=O)NCc1ccc(CS(C)(=O)=O)cc1. The van der Waals surface area contributed by atoms with Crippen LogP contribution in [0.2, 0.25) is 0 Å². The fourth-order valence-electron chi connectivity index (χ4n) is 2.20. The van der Waals surface area contributed by atoms with Gasteiger partial charge in [-0.25, -0.2) is 8.42 Å². The van der Waals surface area contributed by atoms with Crippen molar-refractivity contribution < 1.29 is 18.0 Å². The van der Waals surface area contributed by atoms with E-state index in [1.54, 1.807) is 12.1 Å². The van der Waals surface area contributed by atoms with Crippen molar-refractivity contribution >= 4 is 21.7 Å². The predicted octanol–water partition coefficient (Wildman–Crippen LogP) is 1.54. The van der Waals surface area contributed by atoms with Gasteiger partial charge in [-0.15, -0.1) is 0 Å². The van der Waals surface area contributed by atoms with Gasteiger partial charge in [0.15, 0.2) is 9.84 Å². The second-order valence-electron chi connectivity index (χ2n) is 5.96. The highest BCUT2D eigenvalue weighted by Crippen LogP contribution is 2.08. The van der Waals surface area contributed by atoms with Gasteiger partial charge >= 0.3 is 0 Å². The van der Waals surface area contributed by atoms with E-state index >= 15 is 0 Å². The normalized spacial score (nSPS) is 11.1. The molecule has 6 nitrogen and oxygen atoms in total. The van der Waals surface area contributed by atoms with Crippen LogP contribution in [-0.4, -0.2) is 33.0 Å². The van der Waals surface area contributed by atoms with E-state index in [1.807, 2.05) is 12.1 Å². The Labute approximate surface area is 143 Å². The number of carbonyl (C=O) groups excluding carboxylic acids is 2. The quantitative estimate of drug-likeness (QED) is 0.624. The van der Waals surface area contributed by atoms with Gasteiger partial charge in [-0.3, -0.25) is 9.59 Å². The molecule has 0 bridgehead atoms. The molecule has 0 saturated heterocycles. The third kappa shape index (κ3) is 9.99. The lowest BCUT2D eigenvalue weighted by Gasteiger charge is -2.07. The Bertz CT molecular complexity index is 639. The highest BCUT2D eigenvalue weighted by atomic mass is 32.2. The number of benzene rings is 1. The summed E-state index contributed by atoms with van der Waals surface area (Å²) in [6.07, 6.45) is 4.23. The molecule has 0 atom stereocenters. The first-order valence-corrected chi connectivity index (χ1v) is 10.1. The maximum atomic E-state index is 11.8. The molecule has 7 heteroatoms. The van der Waals surface area contributed by atoms with E-state index in [-0.39, 0.29) is 17.6 Å². The Hall–Kier alpha value is -1.89. The van der Waals surface area contributed by atoms with Gasteiger partial charge in [-0.1, -0.05) is 30.7 Å². The maximum absolute atomic E-state index is 11.8. The molecule has 0 aliphatic carbocycles. The minimum absolute atomic E-state index is 0.00487. The van der Waals surface area contributed by atoms with Crippen LogP contribution in [0.3, 0.4) is 0 Å². The van der Waals surface area contributed by atoms with Crippen LogP contribution < -0.4 is 10.6 Å². The first-order chi connectivity index (χ1) is 11.3. The van der Waals surface area contributed by atoms with Crippen molar-refractivity contribution in [1.29, 1.82) is 0 Å². The summed E-state index contributed by atoms with van der Waals surface area (Å²) in [4.78, 5) is 22.4. The van der Waals surface area contributed by atoms with Crippen molar-refractivity contribution in [1.82, 2.24) is 10.6 Å². The highest BCUT2D eigenvalue weighted by Gasteiger charge is 2.05. The molecule has 1 aromatic carbocycles. The lowest BCUT2D eigenvalue weighted by Crippen LogP contribution is -2.23. The van der Waals surface area contributed by atoms with Crippen molar-refractivity contribution in [2.45, 2.75) is 44.9 Å². The molecular formula is C17H26N2O4S. The summed E-state index contributed by atoms with van der Waals surface area (Å²) in [6, 6.07) is 7.19. The standard InChI is InChI=1S/C17H26N2O4S/c1-14(20)18-11-5-3-4-6-17(21)19-12-15-7-9-16(10-8-15)13-24(2,22)23/h7-10H,3-6,11-13H2,1-2H3,(H,18,20)(H,19,21). The van der Waals surface area contributed by atoms with Crippen LogP contribution in [0.15, 0.2) is 24.3 Å². The Morgan fingerprint density at radius 2 is 1.58 bits per heavy atom. The molecule has 2 amide bonds.